The molecule has 0 radical (unpaired) electrons. The molecule has 6 heteroatoms. The molecule has 0 saturated heterocycles. The molecule has 6 nitrogen and oxygen atoms in total. The zero-order valence-corrected chi connectivity index (χ0v) is 12.9. The fourth-order valence-corrected chi connectivity index (χ4v) is 1.72. The minimum Gasteiger partial charge on any atom is -0.370 e. The van der Waals surface area contributed by atoms with Gasteiger partial charge < -0.3 is 15.5 Å². The fraction of sp³-hybridized carbons (Fsp3) is 0.643. The number of aryl methyl sites for hydroxylation is 1. The number of nitrogens with one attached hydrogen (secondary N) is 2. The molecule has 0 aromatic carbocycles. The summed E-state index contributed by atoms with van der Waals surface area (Å²) in [5, 5.41) is 6.06. The molecule has 0 unspecified atom stereocenters. The van der Waals surface area contributed by atoms with Gasteiger partial charge in [-0.05, 0) is 40.4 Å². The minimum atomic E-state index is -0.145. The predicted octanol–water partition coefficient (Wildman–Crippen LogP) is 1.29. The molecule has 0 spiro atoms. The molecule has 2 N–H and O–H groups in total. The van der Waals surface area contributed by atoms with E-state index in [4.69, 9.17) is 0 Å². The summed E-state index contributed by atoms with van der Waals surface area (Å²) < 4.78 is 0. The number of carbonyl (C=O) groups excluding carboxylic acids is 1. The van der Waals surface area contributed by atoms with Crippen molar-refractivity contribution in [2.24, 2.45) is 0 Å². The van der Waals surface area contributed by atoms with Crippen molar-refractivity contribution in [3.63, 3.8) is 0 Å². The molecule has 112 valence electrons. The van der Waals surface area contributed by atoms with Gasteiger partial charge in [-0.2, -0.15) is 0 Å². The Hall–Kier alpha value is -1.69. The molecule has 20 heavy (non-hydrogen) atoms. The van der Waals surface area contributed by atoms with E-state index in [9.17, 15) is 4.79 Å². The zero-order valence-electron chi connectivity index (χ0n) is 12.9. The Labute approximate surface area is 121 Å². The van der Waals surface area contributed by atoms with Gasteiger partial charge in [0.25, 0.3) is 5.91 Å². The first-order valence-corrected chi connectivity index (χ1v) is 7.05. The third-order valence-corrected chi connectivity index (χ3v) is 2.69. The molecule has 0 aliphatic rings. The molecule has 0 fully saturated rings. The summed E-state index contributed by atoms with van der Waals surface area (Å²) in [6.45, 7) is 6.31. The van der Waals surface area contributed by atoms with Gasteiger partial charge in [0.2, 0.25) is 0 Å². The molecule has 0 aliphatic carbocycles. The van der Waals surface area contributed by atoms with Gasteiger partial charge in [0.15, 0.2) is 0 Å². The lowest BCUT2D eigenvalue weighted by Crippen LogP contribution is -2.25. The zero-order chi connectivity index (χ0) is 15.0. The van der Waals surface area contributed by atoms with E-state index in [2.05, 4.69) is 25.5 Å². The second-order valence-electron chi connectivity index (χ2n) is 5.03. The molecule has 1 rings (SSSR count). The van der Waals surface area contributed by atoms with Gasteiger partial charge in [0.1, 0.15) is 17.3 Å². The molecule has 1 aromatic heterocycles. The lowest BCUT2D eigenvalue weighted by atomic mass is 10.3. The maximum Gasteiger partial charge on any atom is 0.270 e. The van der Waals surface area contributed by atoms with Gasteiger partial charge >= 0.3 is 0 Å². The number of nitrogens with zero attached hydrogens (tertiary/aromatic N) is 3. The molecule has 1 heterocycles. The highest BCUT2D eigenvalue weighted by atomic mass is 16.1. The minimum absolute atomic E-state index is 0.145. The van der Waals surface area contributed by atoms with Crippen LogP contribution in [0.1, 0.15) is 36.1 Å². The monoisotopic (exact) mass is 279 g/mol. The van der Waals surface area contributed by atoms with Crippen molar-refractivity contribution in [1.29, 1.82) is 0 Å². The highest BCUT2D eigenvalue weighted by molar-refractivity contribution is 5.92. The number of carbonyl (C=O) groups is 1. The number of amides is 1. The first-order chi connectivity index (χ1) is 9.52. The highest BCUT2D eigenvalue weighted by Gasteiger charge is 2.09. The van der Waals surface area contributed by atoms with Crippen LogP contribution in [0.3, 0.4) is 0 Å². The number of anilines is 1. The van der Waals surface area contributed by atoms with Crippen molar-refractivity contribution in [1.82, 2.24) is 20.2 Å². The van der Waals surface area contributed by atoms with Crippen LogP contribution in [0.2, 0.25) is 0 Å². The van der Waals surface area contributed by atoms with Crippen molar-refractivity contribution in [3.05, 3.63) is 17.6 Å². The van der Waals surface area contributed by atoms with Crippen LogP contribution in [0, 0.1) is 6.92 Å². The van der Waals surface area contributed by atoms with Crippen LogP contribution in [0.4, 0.5) is 5.82 Å². The quantitative estimate of drug-likeness (QED) is 0.702. The number of hydrogen-bond donors (Lipinski definition) is 2. The second-order valence-corrected chi connectivity index (χ2v) is 5.03. The average molecular weight is 279 g/mol. The Bertz CT molecular complexity index is 434. The number of aromatic nitrogens is 2. The van der Waals surface area contributed by atoms with E-state index in [1.165, 1.54) is 0 Å². The first kappa shape index (κ1) is 16.4. The Kier molecular flexibility index (Phi) is 6.93. The van der Waals surface area contributed by atoms with Crippen molar-refractivity contribution >= 4 is 11.7 Å². The van der Waals surface area contributed by atoms with E-state index in [0.29, 0.717) is 23.9 Å². The topological polar surface area (TPSA) is 70.2 Å². The summed E-state index contributed by atoms with van der Waals surface area (Å²) in [5.74, 6) is 1.16. The van der Waals surface area contributed by atoms with Crippen molar-refractivity contribution in [3.8, 4) is 0 Å². The summed E-state index contributed by atoms with van der Waals surface area (Å²) in [5.41, 5.74) is 0.418. The second kappa shape index (κ2) is 8.47. The van der Waals surface area contributed by atoms with Crippen LogP contribution in [0.25, 0.3) is 0 Å². The van der Waals surface area contributed by atoms with Gasteiger partial charge in [0, 0.05) is 19.2 Å². The van der Waals surface area contributed by atoms with Crippen LogP contribution >= 0.6 is 0 Å². The van der Waals surface area contributed by atoms with Crippen molar-refractivity contribution in [2.75, 3.05) is 39.0 Å². The van der Waals surface area contributed by atoms with Crippen molar-refractivity contribution in [2.45, 2.75) is 26.7 Å². The van der Waals surface area contributed by atoms with Crippen LogP contribution in [0.15, 0.2) is 6.07 Å². The molecule has 0 aliphatic heterocycles. The summed E-state index contributed by atoms with van der Waals surface area (Å²) in [6.07, 6.45) is 1.93. The molecule has 0 bridgehead atoms. The molecule has 0 atom stereocenters. The van der Waals surface area contributed by atoms with E-state index in [1.807, 2.05) is 21.0 Å². The Balaban J connectivity index is 2.59. The molecule has 1 amide bonds. The van der Waals surface area contributed by atoms with Gasteiger partial charge in [0.05, 0.1) is 0 Å². The Morgan fingerprint density at radius 3 is 2.70 bits per heavy atom. The van der Waals surface area contributed by atoms with Crippen LogP contribution in [0.5, 0.6) is 0 Å². The van der Waals surface area contributed by atoms with Gasteiger partial charge in [-0.25, -0.2) is 9.97 Å². The standard InChI is InChI=1S/C14H25N5O/c1-5-7-16-14(20)12-10-13(18-11(2)17-12)15-8-6-9-19(3)4/h10H,5-9H2,1-4H3,(H,16,20)(H,15,17,18). The SMILES string of the molecule is CCCNC(=O)c1cc(NCCCN(C)C)nc(C)n1. The summed E-state index contributed by atoms with van der Waals surface area (Å²) in [7, 11) is 4.09. The highest BCUT2D eigenvalue weighted by Crippen LogP contribution is 2.07. The molecular weight excluding hydrogens is 254 g/mol. The normalized spacial score (nSPS) is 10.7. The van der Waals surface area contributed by atoms with Crippen LogP contribution < -0.4 is 10.6 Å². The van der Waals surface area contributed by atoms with Crippen LogP contribution in [-0.4, -0.2) is 54.5 Å². The average Bonchev–Trinajstić information content (AvgIpc) is 2.40. The summed E-state index contributed by atoms with van der Waals surface area (Å²) >= 11 is 0. The van der Waals surface area contributed by atoms with E-state index in [0.717, 1.165) is 25.9 Å². The predicted molar refractivity (Wildman–Crippen MR) is 81.1 cm³/mol. The van der Waals surface area contributed by atoms with Crippen molar-refractivity contribution < 1.29 is 4.79 Å². The number of hydrogen-bond acceptors (Lipinski definition) is 5. The molecule has 0 saturated carbocycles. The van der Waals surface area contributed by atoms with Crippen LogP contribution in [-0.2, 0) is 0 Å². The lowest BCUT2D eigenvalue weighted by molar-refractivity contribution is 0.0948. The van der Waals surface area contributed by atoms with E-state index >= 15 is 0 Å². The summed E-state index contributed by atoms with van der Waals surface area (Å²) in [4.78, 5) is 22.5. The first-order valence-electron chi connectivity index (χ1n) is 7.05. The maximum atomic E-state index is 11.9. The third-order valence-electron chi connectivity index (χ3n) is 2.69. The largest absolute Gasteiger partial charge is 0.370 e. The van der Waals surface area contributed by atoms with E-state index in [-0.39, 0.29) is 5.91 Å². The van der Waals surface area contributed by atoms with Gasteiger partial charge in [-0.3, -0.25) is 4.79 Å². The fourth-order valence-electron chi connectivity index (χ4n) is 1.72. The Morgan fingerprint density at radius 2 is 2.05 bits per heavy atom. The smallest absolute Gasteiger partial charge is 0.270 e. The summed E-state index contributed by atoms with van der Waals surface area (Å²) in [6, 6.07) is 1.70. The van der Waals surface area contributed by atoms with Gasteiger partial charge in [-0.1, -0.05) is 6.92 Å². The maximum absolute atomic E-state index is 11.9. The number of rotatable bonds is 8. The van der Waals surface area contributed by atoms with E-state index in [1.54, 1.807) is 13.0 Å². The molecule has 1 aromatic rings. The third kappa shape index (κ3) is 5.97. The van der Waals surface area contributed by atoms with Gasteiger partial charge in [-0.15, -0.1) is 0 Å². The lowest BCUT2D eigenvalue weighted by Gasteiger charge is -2.11. The molecular formula is C14H25N5O. The Morgan fingerprint density at radius 1 is 1.30 bits per heavy atom. The van der Waals surface area contributed by atoms with E-state index < -0.39 is 0 Å².